The molecule has 0 aliphatic heterocycles. The Morgan fingerprint density at radius 1 is 1.03 bits per heavy atom. The fraction of sp³-hybridized carbons (Fsp3) is 0.348. The molecular weight excluding hydrogens is 400 g/mol. The van der Waals surface area contributed by atoms with Crippen molar-refractivity contribution < 1.29 is 19.4 Å². The number of likely N-dealkylation sites (N-methyl/N-ethyl adjacent to an activating group) is 2. The number of aliphatic hydroxyl groups excluding tert-OH is 1. The van der Waals surface area contributed by atoms with Crippen LogP contribution in [0.3, 0.4) is 0 Å². The lowest BCUT2D eigenvalue weighted by Gasteiger charge is -2.29. The van der Waals surface area contributed by atoms with E-state index in [1.54, 1.807) is 14.1 Å². The zero-order valence-electron chi connectivity index (χ0n) is 17.4. The molecule has 1 aliphatic rings. The Balaban J connectivity index is 1.74. The van der Waals surface area contributed by atoms with Crippen molar-refractivity contribution in [1.29, 1.82) is 0 Å². The van der Waals surface area contributed by atoms with Gasteiger partial charge in [-0.15, -0.1) is 0 Å². The summed E-state index contributed by atoms with van der Waals surface area (Å²) in [6, 6.07) is 15.5. The highest BCUT2D eigenvalue weighted by molar-refractivity contribution is 7.80. The SMILES string of the molecule is CN(C)C(=O)[C@@H](CCC(O)=S)N(C)C(=O)OCC1c2ccccc2-c2ccccc21. The molecule has 3 rings (SSSR count). The number of benzene rings is 2. The van der Waals surface area contributed by atoms with Crippen LogP contribution in [0, 0.1) is 0 Å². The largest absolute Gasteiger partial charge is 0.502 e. The number of thiocarbonyl (C=S) groups is 1. The molecule has 0 bridgehead atoms. The Kier molecular flexibility index (Phi) is 6.72. The number of amides is 2. The zero-order chi connectivity index (χ0) is 21.8. The van der Waals surface area contributed by atoms with Crippen molar-refractivity contribution in [2.75, 3.05) is 27.7 Å². The van der Waals surface area contributed by atoms with Crippen LogP contribution in [0.15, 0.2) is 48.5 Å². The van der Waals surface area contributed by atoms with Gasteiger partial charge in [0.05, 0.1) is 0 Å². The third-order valence-corrected chi connectivity index (χ3v) is 5.65. The Morgan fingerprint density at radius 3 is 2.07 bits per heavy atom. The van der Waals surface area contributed by atoms with Crippen molar-refractivity contribution in [3.05, 3.63) is 59.7 Å². The van der Waals surface area contributed by atoms with Gasteiger partial charge in [0.15, 0.2) is 5.05 Å². The third kappa shape index (κ3) is 4.46. The maximum absolute atomic E-state index is 12.8. The Hall–Kier alpha value is -2.93. The molecule has 2 aromatic rings. The van der Waals surface area contributed by atoms with Gasteiger partial charge in [-0.3, -0.25) is 9.69 Å². The van der Waals surface area contributed by atoms with E-state index >= 15 is 0 Å². The first-order chi connectivity index (χ1) is 14.3. The van der Waals surface area contributed by atoms with Crippen LogP contribution in [0.25, 0.3) is 11.1 Å². The molecule has 2 aromatic carbocycles. The second kappa shape index (κ2) is 9.26. The van der Waals surface area contributed by atoms with Crippen molar-refractivity contribution in [3.8, 4) is 11.1 Å². The molecule has 0 spiro atoms. The second-order valence-corrected chi connectivity index (χ2v) is 8.07. The highest BCUT2D eigenvalue weighted by Crippen LogP contribution is 2.44. The maximum atomic E-state index is 12.8. The second-order valence-electron chi connectivity index (χ2n) is 7.60. The van der Waals surface area contributed by atoms with Crippen LogP contribution in [0.5, 0.6) is 0 Å². The van der Waals surface area contributed by atoms with Gasteiger partial charge in [0.1, 0.15) is 12.6 Å². The van der Waals surface area contributed by atoms with Crippen LogP contribution in [-0.2, 0) is 9.53 Å². The first-order valence-corrected chi connectivity index (χ1v) is 10.2. The molecule has 0 saturated heterocycles. The molecule has 0 heterocycles. The first-order valence-electron chi connectivity index (χ1n) is 9.82. The monoisotopic (exact) mass is 426 g/mol. The summed E-state index contributed by atoms with van der Waals surface area (Å²) in [5.74, 6) is -0.301. The summed E-state index contributed by atoms with van der Waals surface area (Å²) in [5, 5.41) is 9.16. The molecule has 7 heteroatoms. The standard InChI is InChI=1S/C23H26N2O4S/c1-24(2)22(27)20(12-13-21(26)30)25(3)23(28)29-14-19-17-10-6-4-8-15(17)16-9-5-7-11-18(16)19/h4-11,19-20H,12-14H2,1-3H3,(H,26,30)/t20-/m1/s1. The highest BCUT2D eigenvalue weighted by Gasteiger charge is 2.32. The van der Waals surface area contributed by atoms with Crippen LogP contribution in [-0.4, -0.2) is 65.7 Å². The highest BCUT2D eigenvalue weighted by atomic mass is 32.1. The van der Waals surface area contributed by atoms with Gasteiger partial charge >= 0.3 is 6.09 Å². The molecule has 158 valence electrons. The van der Waals surface area contributed by atoms with Crippen LogP contribution < -0.4 is 0 Å². The predicted octanol–water partition coefficient (Wildman–Crippen LogP) is 3.99. The van der Waals surface area contributed by atoms with Gasteiger partial charge in [-0.25, -0.2) is 4.79 Å². The van der Waals surface area contributed by atoms with Crippen molar-refractivity contribution >= 4 is 29.3 Å². The zero-order valence-corrected chi connectivity index (χ0v) is 18.2. The molecule has 0 fully saturated rings. The topological polar surface area (TPSA) is 70.1 Å². The van der Waals surface area contributed by atoms with Crippen LogP contribution in [0.2, 0.25) is 0 Å². The predicted molar refractivity (Wildman–Crippen MR) is 120 cm³/mol. The molecule has 6 nitrogen and oxygen atoms in total. The van der Waals surface area contributed by atoms with E-state index < -0.39 is 12.1 Å². The van der Waals surface area contributed by atoms with E-state index in [2.05, 4.69) is 24.3 Å². The summed E-state index contributed by atoms with van der Waals surface area (Å²) in [6.07, 6.45) is -0.200. The number of rotatable bonds is 7. The number of nitrogens with zero attached hydrogens (tertiary/aromatic N) is 2. The normalized spacial score (nSPS) is 13.2. The van der Waals surface area contributed by atoms with Gasteiger partial charge in [-0.1, -0.05) is 48.5 Å². The lowest BCUT2D eigenvalue weighted by atomic mass is 9.98. The van der Waals surface area contributed by atoms with Gasteiger partial charge < -0.3 is 14.7 Å². The van der Waals surface area contributed by atoms with Crippen LogP contribution in [0.1, 0.15) is 29.9 Å². The summed E-state index contributed by atoms with van der Waals surface area (Å²) in [4.78, 5) is 28.0. The minimum atomic E-state index is -0.763. The van der Waals surface area contributed by atoms with E-state index in [1.165, 1.54) is 16.8 Å². The van der Waals surface area contributed by atoms with Crippen molar-refractivity contribution in [3.63, 3.8) is 0 Å². The van der Waals surface area contributed by atoms with Gasteiger partial charge in [-0.2, -0.15) is 0 Å². The maximum Gasteiger partial charge on any atom is 0.410 e. The van der Waals surface area contributed by atoms with Crippen molar-refractivity contribution in [1.82, 2.24) is 9.80 Å². The fourth-order valence-electron chi connectivity index (χ4n) is 3.86. The average molecular weight is 427 g/mol. The summed E-state index contributed by atoms with van der Waals surface area (Å²) in [5.41, 5.74) is 4.56. The molecule has 1 atom stereocenters. The van der Waals surface area contributed by atoms with E-state index in [1.807, 2.05) is 24.3 Å². The Morgan fingerprint density at radius 2 is 1.57 bits per heavy atom. The van der Waals surface area contributed by atoms with E-state index in [0.717, 1.165) is 22.3 Å². The Bertz CT molecular complexity index is 914. The molecule has 0 saturated carbocycles. The molecule has 1 aliphatic carbocycles. The number of hydrogen-bond acceptors (Lipinski definition) is 4. The van der Waals surface area contributed by atoms with Crippen molar-refractivity contribution in [2.45, 2.75) is 24.8 Å². The molecule has 30 heavy (non-hydrogen) atoms. The lowest BCUT2D eigenvalue weighted by molar-refractivity contribution is -0.133. The molecule has 1 N–H and O–H groups in total. The van der Waals surface area contributed by atoms with Crippen LogP contribution in [0.4, 0.5) is 4.79 Å². The molecule has 0 radical (unpaired) electrons. The minimum absolute atomic E-state index is 0.0530. The van der Waals surface area contributed by atoms with Gasteiger partial charge in [0.25, 0.3) is 0 Å². The number of carbonyl (C=O) groups excluding carboxylic acids is 2. The minimum Gasteiger partial charge on any atom is -0.502 e. The third-order valence-electron chi connectivity index (χ3n) is 5.45. The van der Waals surface area contributed by atoms with Gasteiger partial charge in [0, 0.05) is 33.5 Å². The summed E-state index contributed by atoms with van der Waals surface area (Å²) >= 11 is 4.71. The van der Waals surface area contributed by atoms with E-state index in [4.69, 9.17) is 17.0 Å². The lowest BCUT2D eigenvalue weighted by Crippen LogP contribution is -2.47. The number of hydrogen-bond donors (Lipinski definition) is 1. The molecule has 0 unspecified atom stereocenters. The quantitative estimate of drug-likeness (QED) is 0.678. The summed E-state index contributed by atoms with van der Waals surface area (Å²) in [7, 11) is 4.78. The number of aliphatic hydroxyl groups is 1. The van der Waals surface area contributed by atoms with E-state index in [9.17, 15) is 14.7 Å². The van der Waals surface area contributed by atoms with Gasteiger partial charge in [0.2, 0.25) is 5.91 Å². The summed E-state index contributed by atoms with van der Waals surface area (Å²) < 4.78 is 5.64. The molecule has 2 amide bonds. The first kappa shape index (κ1) is 21.8. The Labute approximate surface area is 182 Å². The fourth-order valence-corrected chi connectivity index (χ4v) is 3.98. The van der Waals surface area contributed by atoms with E-state index in [-0.39, 0.29) is 36.3 Å². The number of ether oxygens (including phenoxy) is 1. The van der Waals surface area contributed by atoms with Crippen molar-refractivity contribution in [2.24, 2.45) is 0 Å². The average Bonchev–Trinajstić information content (AvgIpc) is 3.05. The smallest absolute Gasteiger partial charge is 0.410 e. The molecule has 0 aromatic heterocycles. The number of carbonyl (C=O) groups is 2. The molecular formula is C23H26N2O4S. The summed E-state index contributed by atoms with van der Waals surface area (Å²) in [6.45, 7) is 0.179. The number of fused-ring (bicyclic) bond motifs is 3. The van der Waals surface area contributed by atoms with Crippen LogP contribution >= 0.6 is 12.2 Å². The van der Waals surface area contributed by atoms with Gasteiger partial charge in [-0.05, 0) is 40.9 Å². The van der Waals surface area contributed by atoms with E-state index in [0.29, 0.717) is 0 Å².